The van der Waals surface area contributed by atoms with E-state index in [9.17, 15) is 13.2 Å². The van der Waals surface area contributed by atoms with Gasteiger partial charge in [0.1, 0.15) is 0 Å². The van der Waals surface area contributed by atoms with Gasteiger partial charge in [0.05, 0.1) is 22.6 Å². The molecule has 0 bridgehead atoms. The van der Waals surface area contributed by atoms with Crippen molar-refractivity contribution < 1.29 is 13.2 Å². The lowest BCUT2D eigenvalue weighted by Crippen LogP contribution is -2.52. The summed E-state index contributed by atoms with van der Waals surface area (Å²) in [6.45, 7) is 4.85. The van der Waals surface area contributed by atoms with Gasteiger partial charge >= 0.3 is 0 Å². The number of amides is 1. The molecule has 30 heavy (non-hydrogen) atoms. The highest BCUT2D eigenvalue weighted by atomic mass is 32.2. The van der Waals surface area contributed by atoms with Gasteiger partial charge in [-0.2, -0.15) is 0 Å². The van der Waals surface area contributed by atoms with E-state index in [1.165, 1.54) is 0 Å². The Morgan fingerprint density at radius 2 is 1.87 bits per heavy atom. The minimum Gasteiger partial charge on any atom is -0.336 e. The molecule has 2 saturated heterocycles. The molecule has 2 fully saturated rings. The Kier molecular flexibility index (Phi) is 5.06. The van der Waals surface area contributed by atoms with Crippen LogP contribution in [0.2, 0.25) is 0 Å². The number of aromatic nitrogens is 1. The van der Waals surface area contributed by atoms with Crippen LogP contribution in [-0.4, -0.2) is 72.8 Å². The molecule has 160 valence electrons. The summed E-state index contributed by atoms with van der Waals surface area (Å²) in [6.07, 6.45) is 4.83. The second-order valence-electron chi connectivity index (χ2n) is 9.02. The zero-order valence-corrected chi connectivity index (χ0v) is 18.4. The molecule has 3 heterocycles. The number of carbonyl (C=O) groups excluding carboxylic acids is 1. The maximum atomic E-state index is 13.7. The molecule has 1 aromatic carbocycles. The Morgan fingerprint density at radius 3 is 2.60 bits per heavy atom. The number of rotatable bonds is 2. The van der Waals surface area contributed by atoms with Gasteiger partial charge in [-0.05, 0) is 56.7 Å². The molecule has 5 rings (SSSR count). The Morgan fingerprint density at radius 1 is 1.10 bits per heavy atom. The molecule has 2 aliphatic heterocycles. The molecular weight excluding hydrogens is 398 g/mol. The predicted molar refractivity (Wildman–Crippen MR) is 118 cm³/mol. The molecule has 1 atom stereocenters. The van der Waals surface area contributed by atoms with Crippen LogP contribution in [0.15, 0.2) is 18.2 Å². The van der Waals surface area contributed by atoms with Gasteiger partial charge in [0.15, 0.2) is 9.84 Å². The summed E-state index contributed by atoms with van der Waals surface area (Å²) in [5, 5.41) is 0.977. The number of carbonyl (C=O) groups is 1. The third-order valence-corrected chi connectivity index (χ3v) is 8.71. The van der Waals surface area contributed by atoms with Crippen molar-refractivity contribution in [3.8, 4) is 0 Å². The van der Waals surface area contributed by atoms with Crippen LogP contribution in [0.1, 0.15) is 46.4 Å². The maximum absolute atomic E-state index is 13.7. The lowest BCUT2D eigenvalue weighted by molar-refractivity contribution is 0.0588. The van der Waals surface area contributed by atoms with E-state index in [1.54, 1.807) is 0 Å². The van der Waals surface area contributed by atoms with Crippen LogP contribution >= 0.6 is 0 Å². The van der Waals surface area contributed by atoms with Crippen molar-refractivity contribution in [1.29, 1.82) is 0 Å². The van der Waals surface area contributed by atoms with Gasteiger partial charge in [-0.15, -0.1) is 0 Å². The third-order valence-electron chi connectivity index (χ3n) is 6.96. The van der Waals surface area contributed by atoms with Crippen LogP contribution in [0.3, 0.4) is 0 Å². The first-order chi connectivity index (χ1) is 14.4. The van der Waals surface area contributed by atoms with Crippen molar-refractivity contribution >= 4 is 26.6 Å². The molecule has 0 saturated carbocycles. The van der Waals surface area contributed by atoms with Gasteiger partial charge in [0.25, 0.3) is 5.91 Å². The van der Waals surface area contributed by atoms with Crippen molar-refractivity contribution in [2.24, 2.45) is 0 Å². The first-order valence-corrected chi connectivity index (χ1v) is 12.9. The Labute approximate surface area is 178 Å². The second kappa shape index (κ2) is 7.61. The van der Waals surface area contributed by atoms with Crippen LogP contribution in [-0.2, 0) is 22.7 Å². The Hall–Kier alpha value is -1.99. The number of hydrogen-bond donors (Lipinski definition) is 0. The summed E-state index contributed by atoms with van der Waals surface area (Å²) >= 11 is 0. The van der Waals surface area contributed by atoms with Crippen molar-refractivity contribution in [3.05, 3.63) is 40.6 Å². The molecule has 0 radical (unpaired) electrons. The molecular formula is C23H29N3O3S. The number of sulfone groups is 1. The van der Waals surface area contributed by atoms with Crippen LogP contribution in [0.25, 0.3) is 10.9 Å². The molecule has 1 aliphatic carbocycles. The highest BCUT2D eigenvalue weighted by molar-refractivity contribution is 7.91. The number of aryl methyl sites for hydroxylation is 2. The van der Waals surface area contributed by atoms with Gasteiger partial charge < -0.3 is 4.90 Å². The summed E-state index contributed by atoms with van der Waals surface area (Å²) in [4.78, 5) is 22.8. The molecule has 7 heteroatoms. The highest BCUT2D eigenvalue weighted by Crippen LogP contribution is 2.31. The molecule has 1 amide bonds. The highest BCUT2D eigenvalue weighted by Gasteiger charge is 2.35. The topological polar surface area (TPSA) is 70.6 Å². The molecule has 0 N–H and O–H groups in total. The van der Waals surface area contributed by atoms with Gasteiger partial charge in [0.2, 0.25) is 0 Å². The smallest absolute Gasteiger partial charge is 0.254 e. The van der Waals surface area contributed by atoms with E-state index < -0.39 is 9.84 Å². The van der Waals surface area contributed by atoms with Crippen molar-refractivity contribution in [2.45, 2.75) is 45.1 Å². The minimum atomic E-state index is -2.89. The van der Waals surface area contributed by atoms with Gasteiger partial charge in [-0.25, -0.2) is 8.42 Å². The van der Waals surface area contributed by atoms with Gasteiger partial charge in [-0.3, -0.25) is 14.7 Å². The lowest BCUT2D eigenvalue weighted by atomic mass is 9.88. The van der Waals surface area contributed by atoms with Crippen LogP contribution in [0.5, 0.6) is 0 Å². The zero-order valence-electron chi connectivity index (χ0n) is 17.6. The van der Waals surface area contributed by atoms with Crippen LogP contribution in [0.4, 0.5) is 0 Å². The maximum Gasteiger partial charge on any atom is 0.254 e. The van der Waals surface area contributed by atoms with E-state index in [2.05, 4.69) is 24.0 Å². The number of fused-ring (bicyclic) bond motifs is 2. The second-order valence-corrected chi connectivity index (χ2v) is 11.3. The first-order valence-electron chi connectivity index (χ1n) is 11.1. The number of benzene rings is 1. The fourth-order valence-electron chi connectivity index (χ4n) is 5.29. The van der Waals surface area contributed by atoms with E-state index >= 15 is 0 Å². The quantitative estimate of drug-likeness (QED) is 0.736. The zero-order chi connectivity index (χ0) is 20.9. The molecule has 0 spiro atoms. The molecule has 2 aromatic rings. The van der Waals surface area contributed by atoms with Gasteiger partial charge in [0, 0.05) is 43.3 Å². The summed E-state index contributed by atoms with van der Waals surface area (Å²) in [6, 6.07) is 6.32. The number of hydrogen-bond acceptors (Lipinski definition) is 5. The minimum absolute atomic E-state index is 0.115. The van der Waals surface area contributed by atoms with Crippen LogP contribution in [0, 0.1) is 6.92 Å². The average Bonchev–Trinajstić information content (AvgIpc) is 3.11. The summed E-state index contributed by atoms with van der Waals surface area (Å²) in [5.74, 6) is 0.679. The normalized spacial score (nSPS) is 24.2. The van der Waals surface area contributed by atoms with E-state index in [4.69, 9.17) is 4.98 Å². The summed E-state index contributed by atoms with van der Waals surface area (Å²) < 4.78 is 23.7. The predicted octanol–water partition coefficient (Wildman–Crippen LogP) is 2.37. The fraction of sp³-hybridized carbons (Fsp3) is 0.565. The first kappa shape index (κ1) is 19.9. The molecule has 1 unspecified atom stereocenters. The largest absolute Gasteiger partial charge is 0.336 e. The molecule has 6 nitrogen and oxygen atoms in total. The Bertz CT molecular complexity index is 1100. The SMILES string of the molecule is Cc1ccc2nc3c(c(C(=O)N4CCN(C5CCS(=O)(=O)C5)CC4)c2c1)CCCC3. The Balaban J connectivity index is 1.42. The third kappa shape index (κ3) is 3.62. The van der Waals surface area contributed by atoms with Crippen molar-refractivity contribution in [3.63, 3.8) is 0 Å². The van der Waals surface area contributed by atoms with E-state index in [1.807, 2.05) is 11.0 Å². The number of pyridine rings is 1. The summed E-state index contributed by atoms with van der Waals surface area (Å²) in [7, 11) is -2.89. The molecule has 3 aliphatic rings. The summed E-state index contributed by atoms with van der Waals surface area (Å²) in [5.41, 5.74) is 5.15. The van der Waals surface area contributed by atoms with Crippen molar-refractivity contribution in [2.75, 3.05) is 37.7 Å². The number of nitrogens with zero attached hydrogens (tertiary/aromatic N) is 3. The van der Waals surface area contributed by atoms with Gasteiger partial charge in [-0.1, -0.05) is 11.6 Å². The fourth-order valence-corrected chi connectivity index (χ4v) is 7.06. The van der Waals surface area contributed by atoms with E-state index in [0.29, 0.717) is 18.8 Å². The van der Waals surface area contributed by atoms with Crippen LogP contribution < -0.4 is 0 Å². The lowest BCUT2D eigenvalue weighted by Gasteiger charge is -2.38. The standard InChI is InChI=1S/C23H29N3O3S/c1-16-6-7-21-19(14-16)22(18-4-2-3-5-20(18)24-21)23(27)26-11-9-25(10-12-26)17-8-13-30(28,29)15-17/h6-7,14,17H,2-5,8-13,15H2,1H3. The van der Waals surface area contributed by atoms with E-state index in [0.717, 1.165) is 78.5 Å². The molecule has 1 aromatic heterocycles. The van der Waals surface area contributed by atoms with E-state index in [-0.39, 0.29) is 17.7 Å². The number of piperazine rings is 1. The monoisotopic (exact) mass is 427 g/mol. The van der Waals surface area contributed by atoms with Crippen molar-refractivity contribution in [1.82, 2.24) is 14.8 Å². The average molecular weight is 428 g/mol.